The number of anilines is 2. The maximum atomic E-state index is 13.3. The molecule has 3 aromatic rings. The molecule has 1 aliphatic rings. The molecule has 2 aromatic heterocycles. The summed E-state index contributed by atoms with van der Waals surface area (Å²) in [5, 5.41) is 4.55. The minimum absolute atomic E-state index is 0.109. The van der Waals surface area contributed by atoms with E-state index in [1.165, 1.54) is 30.9 Å². The van der Waals surface area contributed by atoms with Crippen molar-refractivity contribution in [2.24, 2.45) is 0 Å². The molecule has 0 amide bonds. The molecule has 2 heterocycles. The Bertz CT molecular complexity index is 862. The molecule has 4 rings (SSSR count). The van der Waals surface area contributed by atoms with Gasteiger partial charge in [0.05, 0.1) is 0 Å². The Balaban J connectivity index is 1.81. The molecule has 1 aromatic carbocycles. The van der Waals surface area contributed by atoms with E-state index in [0.29, 0.717) is 14.5 Å². The van der Waals surface area contributed by atoms with E-state index in [-0.39, 0.29) is 5.02 Å². The molecule has 0 saturated carbocycles. The van der Waals surface area contributed by atoms with Crippen molar-refractivity contribution in [1.82, 2.24) is 9.97 Å². The number of nitrogens with zero attached hydrogens (tertiary/aromatic N) is 2. The normalized spacial score (nSPS) is 14.1. The summed E-state index contributed by atoms with van der Waals surface area (Å²) in [6.07, 6.45) is 6.40. The summed E-state index contributed by atoms with van der Waals surface area (Å²) in [5.41, 5.74) is 2.17. The Kier molecular flexibility index (Phi) is 3.65. The number of aromatic nitrogens is 2. The summed E-state index contributed by atoms with van der Waals surface area (Å²) in [6.45, 7) is 0. The summed E-state index contributed by atoms with van der Waals surface area (Å²) >= 11 is 6.18. The van der Waals surface area contributed by atoms with Crippen LogP contribution in [0.15, 0.2) is 24.5 Å². The van der Waals surface area contributed by atoms with E-state index in [2.05, 4.69) is 15.3 Å². The van der Waals surface area contributed by atoms with Gasteiger partial charge in [-0.15, -0.1) is 0 Å². The zero-order valence-electron chi connectivity index (χ0n) is 11.7. The van der Waals surface area contributed by atoms with E-state index in [1.54, 1.807) is 22.9 Å². The van der Waals surface area contributed by atoms with Crippen LogP contribution in [0.4, 0.5) is 15.9 Å². The molecule has 0 unspecified atom stereocenters. The summed E-state index contributed by atoms with van der Waals surface area (Å²) in [7, 11) is 0. The van der Waals surface area contributed by atoms with Gasteiger partial charge in [-0.1, -0.05) is 0 Å². The third kappa shape index (κ3) is 2.43. The van der Waals surface area contributed by atoms with Gasteiger partial charge in [-0.3, -0.25) is 0 Å². The second-order valence-electron chi connectivity index (χ2n) is 5.37. The van der Waals surface area contributed by atoms with E-state index in [9.17, 15) is 4.39 Å². The number of hydrogen-bond donors (Lipinski definition) is 1. The average Bonchev–Trinajstić information content (AvgIpc) is 2.90. The number of hydrogen-bond acceptors (Lipinski definition) is 3. The minimum atomic E-state index is -0.416. The first-order chi connectivity index (χ1) is 10.7. The molecule has 0 spiro atoms. The molecule has 0 fully saturated rings. The third-order valence-corrected chi connectivity index (χ3v) is 6.74. The van der Waals surface area contributed by atoms with Gasteiger partial charge in [0, 0.05) is 0 Å². The predicted octanol–water partition coefficient (Wildman–Crippen LogP) is 4.10. The van der Waals surface area contributed by atoms with Crippen molar-refractivity contribution in [3.63, 3.8) is 0 Å². The number of rotatable bonds is 2. The molecule has 1 aliphatic carbocycles. The van der Waals surface area contributed by atoms with E-state index in [0.717, 1.165) is 27.7 Å². The summed E-state index contributed by atoms with van der Waals surface area (Å²) in [4.78, 5) is 8.87. The first-order valence-corrected chi connectivity index (χ1v) is 9.29. The monoisotopic (exact) mass is 381 g/mol. The van der Waals surface area contributed by atoms with Crippen LogP contribution in [-0.2, 0) is 12.8 Å². The third-order valence-electron chi connectivity index (χ3n) is 3.93. The van der Waals surface area contributed by atoms with E-state index in [1.807, 2.05) is 0 Å². The number of fused-ring (bicyclic) bond motifs is 3. The zero-order chi connectivity index (χ0) is 15.1. The van der Waals surface area contributed by atoms with Crippen molar-refractivity contribution in [2.45, 2.75) is 25.7 Å². The van der Waals surface area contributed by atoms with Gasteiger partial charge in [0.2, 0.25) is 0 Å². The van der Waals surface area contributed by atoms with Gasteiger partial charge in [-0.05, 0) is 0 Å². The van der Waals surface area contributed by atoms with Crippen LogP contribution in [0.2, 0.25) is 5.02 Å². The second-order valence-corrected chi connectivity index (χ2v) is 8.05. The van der Waals surface area contributed by atoms with Crippen LogP contribution in [0.25, 0.3) is 9.78 Å². The van der Waals surface area contributed by atoms with Crippen LogP contribution in [0.5, 0.6) is 0 Å². The van der Waals surface area contributed by atoms with Gasteiger partial charge in [0.15, 0.2) is 0 Å². The Morgan fingerprint density at radius 2 is 2.05 bits per heavy atom. The van der Waals surface area contributed by atoms with Crippen molar-refractivity contribution in [3.05, 3.63) is 45.4 Å². The fourth-order valence-electron chi connectivity index (χ4n) is 2.90. The maximum absolute atomic E-state index is 13.3. The topological polar surface area (TPSA) is 37.8 Å². The molecule has 0 aliphatic heterocycles. The van der Waals surface area contributed by atoms with E-state index >= 15 is 0 Å². The molecule has 0 saturated heterocycles. The predicted molar refractivity (Wildman–Crippen MR) is 87.8 cm³/mol. The van der Waals surface area contributed by atoms with Crippen molar-refractivity contribution >= 4 is 47.4 Å². The number of benzene rings is 1. The van der Waals surface area contributed by atoms with Crippen LogP contribution >= 0.6 is 11.6 Å². The SMILES string of the molecule is Fc1ccc(Nc2ncnc3[se]c4c(c23)CCCC4)cc1Cl. The van der Waals surface area contributed by atoms with Gasteiger partial charge >= 0.3 is 138 Å². The fourth-order valence-corrected chi connectivity index (χ4v) is 5.65. The number of nitrogens with one attached hydrogen (secondary N) is 1. The molecular formula is C16H13ClFN3Se. The van der Waals surface area contributed by atoms with Crippen LogP contribution in [0.1, 0.15) is 22.8 Å². The molecule has 1 N–H and O–H groups in total. The average molecular weight is 381 g/mol. The molecular weight excluding hydrogens is 368 g/mol. The molecule has 3 nitrogen and oxygen atoms in total. The van der Waals surface area contributed by atoms with Gasteiger partial charge in [0.1, 0.15) is 0 Å². The Morgan fingerprint density at radius 3 is 2.91 bits per heavy atom. The van der Waals surface area contributed by atoms with Crippen LogP contribution in [0, 0.1) is 5.82 Å². The standard InChI is InChI=1S/C16H13ClFN3Se/c17-11-7-9(5-6-12(11)18)21-15-14-10-3-1-2-4-13(10)22-16(14)20-8-19-15/h5-8H,1-4H2,(H,19,20,21). The van der Waals surface area contributed by atoms with E-state index < -0.39 is 5.82 Å². The Morgan fingerprint density at radius 1 is 1.18 bits per heavy atom. The van der Waals surface area contributed by atoms with Gasteiger partial charge in [-0.2, -0.15) is 0 Å². The van der Waals surface area contributed by atoms with Gasteiger partial charge in [-0.25, -0.2) is 0 Å². The molecule has 0 bridgehead atoms. The van der Waals surface area contributed by atoms with E-state index in [4.69, 9.17) is 11.6 Å². The van der Waals surface area contributed by atoms with Crippen molar-refractivity contribution in [3.8, 4) is 0 Å². The summed E-state index contributed by atoms with van der Waals surface area (Å²) < 4.78 is 16.0. The Hall–Kier alpha value is -1.42. The van der Waals surface area contributed by atoms with Crippen LogP contribution in [0.3, 0.4) is 0 Å². The van der Waals surface area contributed by atoms with Crippen LogP contribution < -0.4 is 5.32 Å². The quantitative estimate of drug-likeness (QED) is 0.680. The van der Waals surface area contributed by atoms with Gasteiger partial charge in [0.25, 0.3) is 0 Å². The van der Waals surface area contributed by atoms with Crippen molar-refractivity contribution in [1.29, 1.82) is 0 Å². The zero-order valence-corrected chi connectivity index (χ0v) is 14.2. The van der Waals surface area contributed by atoms with Gasteiger partial charge < -0.3 is 0 Å². The molecule has 112 valence electrons. The number of aryl methyl sites for hydroxylation is 2. The summed E-state index contributed by atoms with van der Waals surface area (Å²) in [6, 6.07) is 4.62. The first kappa shape index (κ1) is 14.2. The Labute approximate surface area is 138 Å². The summed E-state index contributed by atoms with van der Waals surface area (Å²) in [5.74, 6) is 0.391. The first-order valence-electron chi connectivity index (χ1n) is 7.19. The second kappa shape index (κ2) is 5.65. The molecule has 22 heavy (non-hydrogen) atoms. The molecule has 6 heteroatoms. The molecule has 0 atom stereocenters. The van der Waals surface area contributed by atoms with Crippen molar-refractivity contribution < 1.29 is 4.39 Å². The number of halogens is 2. The van der Waals surface area contributed by atoms with Crippen molar-refractivity contribution in [2.75, 3.05) is 5.32 Å². The fraction of sp³-hybridized carbons (Fsp3) is 0.250. The van der Waals surface area contributed by atoms with Crippen LogP contribution in [-0.4, -0.2) is 24.5 Å². The molecule has 0 radical (unpaired) electrons.